The monoisotopic (exact) mass is 340 g/mol. The number of aromatic nitrogens is 1. The second kappa shape index (κ2) is 8.78. The first kappa shape index (κ1) is 18.4. The predicted octanol–water partition coefficient (Wildman–Crippen LogP) is 4.49. The molecule has 0 aliphatic heterocycles. The molecule has 130 valence electrons. The Hall–Kier alpha value is -2.94. The molecule has 1 heterocycles. The third-order valence-electron chi connectivity index (χ3n) is 4.03. The molecule has 1 aromatic carbocycles. The Bertz CT molecular complexity index is 758. The summed E-state index contributed by atoms with van der Waals surface area (Å²) in [5, 5.41) is 11.4. The average molecular weight is 340 g/mol. The Morgan fingerprint density at radius 2 is 2.24 bits per heavy atom. The van der Waals surface area contributed by atoms with E-state index in [1.807, 2.05) is 18.2 Å². The van der Waals surface area contributed by atoms with Crippen LogP contribution in [0.2, 0.25) is 0 Å². The summed E-state index contributed by atoms with van der Waals surface area (Å²) in [5.74, 6) is -0.632. The second-order valence-corrected chi connectivity index (χ2v) is 5.79. The van der Waals surface area contributed by atoms with Crippen LogP contribution in [0, 0.1) is 17.1 Å². The van der Waals surface area contributed by atoms with Crippen molar-refractivity contribution >= 4 is 11.7 Å². The molecule has 1 N–H and O–H groups in total. The topological polar surface area (TPSA) is 69.0 Å². The summed E-state index contributed by atoms with van der Waals surface area (Å²) in [6.45, 7) is 2.09. The number of hydrogen-bond donors (Lipinski definition) is 1. The molecule has 0 bridgehead atoms. The molecule has 2 rings (SSSR count). The molecule has 0 fully saturated rings. The van der Waals surface area contributed by atoms with E-state index in [1.54, 1.807) is 24.3 Å². The fourth-order valence-electron chi connectivity index (χ4n) is 2.59. The summed E-state index contributed by atoms with van der Waals surface area (Å²) in [6.07, 6.45) is 6.19. The van der Waals surface area contributed by atoms with Gasteiger partial charge in [0.1, 0.15) is 5.82 Å². The maximum atomic E-state index is 14.0. The molecule has 0 radical (unpaired) electrons. The van der Waals surface area contributed by atoms with Crippen LogP contribution in [-0.4, -0.2) is 23.0 Å². The van der Waals surface area contributed by atoms with Gasteiger partial charge >= 0.3 is 6.03 Å². The number of halogens is 1. The minimum Gasteiger partial charge on any atom is -0.320 e. The van der Waals surface area contributed by atoms with Crippen LogP contribution in [0.15, 0.2) is 42.7 Å². The molecule has 5 nitrogen and oxygen atoms in total. The SMILES string of the molecule is CCCCC(c1cccnc1)N(C)C(=O)Nc1ccc(C#N)cc1F. The van der Waals surface area contributed by atoms with Gasteiger partial charge in [-0.05, 0) is 36.2 Å². The molecule has 25 heavy (non-hydrogen) atoms. The lowest BCUT2D eigenvalue weighted by molar-refractivity contribution is 0.199. The molecule has 6 heteroatoms. The summed E-state index contributed by atoms with van der Waals surface area (Å²) >= 11 is 0. The molecule has 0 aliphatic carbocycles. The van der Waals surface area contributed by atoms with Gasteiger partial charge in [0.05, 0.1) is 23.4 Å². The summed E-state index contributed by atoms with van der Waals surface area (Å²) in [4.78, 5) is 18.2. The Balaban J connectivity index is 2.16. The first-order chi connectivity index (χ1) is 12.1. The number of carbonyl (C=O) groups excluding carboxylic acids is 1. The Labute approximate surface area is 147 Å². The number of pyridine rings is 1. The standard InChI is InChI=1S/C19H21FN4O/c1-3-4-7-18(15-6-5-10-22-13-15)24(2)19(25)23-17-9-8-14(12-21)11-16(17)20/h5-6,8-11,13,18H,3-4,7H2,1-2H3,(H,23,25). The zero-order valence-electron chi connectivity index (χ0n) is 14.4. The van der Waals surface area contributed by atoms with Gasteiger partial charge < -0.3 is 10.2 Å². The van der Waals surface area contributed by atoms with Gasteiger partial charge in [-0.1, -0.05) is 25.8 Å². The van der Waals surface area contributed by atoms with Gasteiger partial charge in [0.15, 0.2) is 0 Å². The van der Waals surface area contributed by atoms with E-state index in [1.165, 1.54) is 12.1 Å². The lowest BCUT2D eigenvalue weighted by Crippen LogP contribution is -2.35. The fraction of sp³-hybridized carbons (Fsp3) is 0.316. The van der Waals surface area contributed by atoms with E-state index >= 15 is 0 Å². The van der Waals surface area contributed by atoms with Gasteiger partial charge in [0.25, 0.3) is 0 Å². The van der Waals surface area contributed by atoms with Crippen molar-refractivity contribution in [2.45, 2.75) is 32.2 Å². The van der Waals surface area contributed by atoms with Crippen LogP contribution in [0.3, 0.4) is 0 Å². The minimum absolute atomic E-state index is 0.0521. The number of urea groups is 1. The lowest BCUT2D eigenvalue weighted by Gasteiger charge is -2.28. The number of nitrogens with one attached hydrogen (secondary N) is 1. The smallest absolute Gasteiger partial charge is 0.320 e. The number of unbranched alkanes of at least 4 members (excludes halogenated alkanes) is 1. The fourth-order valence-corrected chi connectivity index (χ4v) is 2.59. The third-order valence-corrected chi connectivity index (χ3v) is 4.03. The summed E-state index contributed by atoms with van der Waals surface area (Å²) in [7, 11) is 1.68. The van der Waals surface area contributed by atoms with Crippen molar-refractivity contribution in [1.82, 2.24) is 9.88 Å². The maximum Gasteiger partial charge on any atom is 0.322 e. The van der Waals surface area contributed by atoms with Gasteiger partial charge in [0.2, 0.25) is 0 Å². The van der Waals surface area contributed by atoms with E-state index in [0.29, 0.717) is 0 Å². The molecule has 0 saturated carbocycles. The Morgan fingerprint density at radius 1 is 1.44 bits per heavy atom. The van der Waals surface area contributed by atoms with Gasteiger partial charge in [-0.25, -0.2) is 9.18 Å². The number of nitrogens with zero attached hydrogens (tertiary/aromatic N) is 3. The largest absolute Gasteiger partial charge is 0.322 e. The van der Waals surface area contributed by atoms with Crippen LogP contribution < -0.4 is 5.32 Å². The molecular weight excluding hydrogens is 319 g/mol. The maximum absolute atomic E-state index is 14.0. The summed E-state index contributed by atoms with van der Waals surface area (Å²) < 4.78 is 14.0. The van der Waals surface area contributed by atoms with Crippen LogP contribution in [0.1, 0.15) is 43.4 Å². The van der Waals surface area contributed by atoms with Gasteiger partial charge in [0, 0.05) is 19.4 Å². The van der Waals surface area contributed by atoms with Crippen molar-refractivity contribution in [1.29, 1.82) is 5.26 Å². The number of amides is 2. The highest BCUT2D eigenvalue weighted by molar-refractivity contribution is 5.89. The highest BCUT2D eigenvalue weighted by atomic mass is 19.1. The van der Waals surface area contributed by atoms with E-state index in [4.69, 9.17) is 5.26 Å². The van der Waals surface area contributed by atoms with E-state index < -0.39 is 11.8 Å². The van der Waals surface area contributed by atoms with Crippen molar-refractivity contribution in [3.63, 3.8) is 0 Å². The van der Waals surface area contributed by atoms with Crippen molar-refractivity contribution in [3.8, 4) is 6.07 Å². The van der Waals surface area contributed by atoms with E-state index in [-0.39, 0.29) is 17.3 Å². The molecule has 0 aliphatic rings. The first-order valence-electron chi connectivity index (χ1n) is 8.20. The molecule has 2 amide bonds. The van der Waals surface area contributed by atoms with E-state index in [0.717, 1.165) is 30.9 Å². The molecule has 1 aromatic heterocycles. The second-order valence-electron chi connectivity index (χ2n) is 5.79. The van der Waals surface area contributed by atoms with Gasteiger partial charge in [-0.2, -0.15) is 5.26 Å². The molecule has 2 aromatic rings. The molecule has 0 saturated heterocycles. The van der Waals surface area contributed by atoms with Gasteiger partial charge in [-0.3, -0.25) is 4.98 Å². The third kappa shape index (κ3) is 4.77. The number of anilines is 1. The van der Waals surface area contributed by atoms with Crippen LogP contribution in [-0.2, 0) is 0 Å². The highest BCUT2D eigenvalue weighted by Crippen LogP contribution is 2.26. The van der Waals surface area contributed by atoms with Crippen LogP contribution in [0.4, 0.5) is 14.9 Å². The van der Waals surface area contributed by atoms with Crippen molar-refractivity contribution in [2.75, 3.05) is 12.4 Å². The number of carbonyl (C=O) groups is 1. The van der Waals surface area contributed by atoms with Crippen LogP contribution in [0.25, 0.3) is 0 Å². The van der Waals surface area contributed by atoms with E-state index in [9.17, 15) is 9.18 Å². The lowest BCUT2D eigenvalue weighted by atomic mass is 10.0. The molecular formula is C19H21FN4O. The van der Waals surface area contributed by atoms with Crippen LogP contribution in [0.5, 0.6) is 0 Å². The molecule has 1 atom stereocenters. The average Bonchev–Trinajstić information content (AvgIpc) is 2.64. The number of rotatable bonds is 6. The minimum atomic E-state index is -0.632. The zero-order chi connectivity index (χ0) is 18.2. The first-order valence-corrected chi connectivity index (χ1v) is 8.20. The highest BCUT2D eigenvalue weighted by Gasteiger charge is 2.22. The van der Waals surface area contributed by atoms with Crippen molar-refractivity contribution in [3.05, 3.63) is 59.7 Å². The van der Waals surface area contributed by atoms with Crippen molar-refractivity contribution in [2.24, 2.45) is 0 Å². The van der Waals surface area contributed by atoms with Crippen molar-refractivity contribution < 1.29 is 9.18 Å². The summed E-state index contributed by atoms with van der Waals surface area (Å²) in [5.41, 5.74) is 1.20. The number of benzene rings is 1. The predicted molar refractivity (Wildman–Crippen MR) is 94.4 cm³/mol. The Morgan fingerprint density at radius 3 is 2.84 bits per heavy atom. The Kier molecular flexibility index (Phi) is 6.47. The quantitative estimate of drug-likeness (QED) is 0.842. The van der Waals surface area contributed by atoms with Crippen LogP contribution >= 0.6 is 0 Å². The molecule has 0 spiro atoms. The van der Waals surface area contributed by atoms with E-state index in [2.05, 4.69) is 17.2 Å². The van der Waals surface area contributed by atoms with Gasteiger partial charge in [-0.15, -0.1) is 0 Å². The zero-order valence-corrected chi connectivity index (χ0v) is 14.4. The molecule has 1 unspecified atom stereocenters. The summed E-state index contributed by atoms with van der Waals surface area (Å²) in [6, 6.07) is 9.04. The number of nitriles is 1. The number of hydrogen-bond acceptors (Lipinski definition) is 3. The normalized spacial score (nSPS) is 11.4.